The van der Waals surface area contributed by atoms with Gasteiger partial charge in [-0.25, -0.2) is 9.97 Å². The number of hydrogen-bond acceptors (Lipinski definition) is 5. The van der Waals surface area contributed by atoms with Crippen LogP contribution in [0.4, 0.5) is 23.0 Å². The molecule has 0 amide bonds. The maximum atomic E-state index is 6.14. The molecule has 0 saturated carbocycles. The highest BCUT2D eigenvalue weighted by atomic mass is 35.5. The highest BCUT2D eigenvalue weighted by Crippen LogP contribution is 2.28. The van der Waals surface area contributed by atoms with Crippen molar-refractivity contribution >= 4 is 34.6 Å². The smallest absolute Gasteiger partial charge is 0.159 e. The molecule has 112 valence electrons. The second-order valence-electron chi connectivity index (χ2n) is 5.02. The summed E-state index contributed by atoms with van der Waals surface area (Å²) in [4.78, 5) is 8.41. The van der Waals surface area contributed by atoms with E-state index >= 15 is 0 Å². The van der Waals surface area contributed by atoms with Crippen molar-refractivity contribution in [2.75, 3.05) is 16.4 Å². The lowest BCUT2D eigenvalue weighted by Crippen LogP contribution is -2.16. The number of nitrogens with two attached hydrogens (primary N) is 1. The van der Waals surface area contributed by atoms with E-state index in [9.17, 15) is 0 Å². The van der Waals surface area contributed by atoms with E-state index in [4.69, 9.17) is 17.3 Å². The molecule has 0 aliphatic heterocycles. The van der Waals surface area contributed by atoms with Crippen LogP contribution < -0.4 is 16.4 Å². The lowest BCUT2D eigenvalue weighted by molar-refractivity contribution is 0.759. The first-order valence-electron chi connectivity index (χ1n) is 6.91. The van der Waals surface area contributed by atoms with Gasteiger partial charge in [-0.05, 0) is 44.0 Å². The zero-order valence-corrected chi connectivity index (χ0v) is 13.2. The molecule has 1 atom stereocenters. The highest BCUT2D eigenvalue weighted by molar-refractivity contribution is 6.30. The van der Waals surface area contributed by atoms with E-state index in [0.717, 1.165) is 17.7 Å². The van der Waals surface area contributed by atoms with E-state index in [0.29, 0.717) is 28.4 Å². The van der Waals surface area contributed by atoms with Crippen LogP contribution in [0.25, 0.3) is 0 Å². The highest BCUT2D eigenvalue weighted by Gasteiger charge is 2.11. The number of rotatable bonds is 5. The fourth-order valence-electron chi connectivity index (χ4n) is 1.84. The maximum Gasteiger partial charge on any atom is 0.159 e. The minimum atomic E-state index is 0.298. The summed E-state index contributed by atoms with van der Waals surface area (Å²) in [5.41, 5.74) is 8.59. The first-order valence-corrected chi connectivity index (χ1v) is 7.29. The van der Waals surface area contributed by atoms with Crippen LogP contribution in [-0.2, 0) is 0 Å². The predicted octanol–water partition coefficient (Wildman–Crippen LogP) is 3.97. The van der Waals surface area contributed by atoms with Crippen molar-refractivity contribution in [1.29, 1.82) is 0 Å². The summed E-state index contributed by atoms with van der Waals surface area (Å²) in [7, 11) is 0. The molecule has 0 spiro atoms. The summed E-state index contributed by atoms with van der Waals surface area (Å²) in [6, 6.07) is 5.92. The van der Waals surface area contributed by atoms with E-state index < -0.39 is 0 Å². The molecule has 2 rings (SSSR count). The largest absolute Gasteiger partial charge is 0.393 e. The Kier molecular flexibility index (Phi) is 4.85. The van der Waals surface area contributed by atoms with Crippen LogP contribution >= 0.6 is 11.6 Å². The molecule has 0 saturated heterocycles. The number of benzene rings is 1. The molecular formula is C15H20ClN5. The lowest BCUT2D eigenvalue weighted by Gasteiger charge is -2.16. The molecule has 0 fully saturated rings. The minimum Gasteiger partial charge on any atom is -0.393 e. The van der Waals surface area contributed by atoms with Crippen LogP contribution in [0.1, 0.15) is 25.8 Å². The molecule has 2 aromatic rings. The van der Waals surface area contributed by atoms with Crippen molar-refractivity contribution in [3.05, 3.63) is 35.1 Å². The van der Waals surface area contributed by atoms with Crippen molar-refractivity contribution in [1.82, 2.24) is 9.97 Å². The molecule has 1 aromatic carbocycles. The summed E-state index contributed by atoms with van der Waals surface area (Å²) in [5, 5.41) is 7.20. The Morgan fingerprint density at radius 3 is 2.67 bits per heavy atom. The van der Waals surface area contributed by atoms with Crippen LogP contribution in [0.2, 0.25) is 5.02 Å². The Labute approximate surface area is 129 Å². The van der Waals surface area contributed by atoms with Gasteiger partial charge in [-0.2, -0.15) is 0 Å². The van der Waals surface area contributed by atoms with Gasteiger partial charge in [0.05, 0.1) is 0 Å². The van der Waals surface area contributed by atoms with E-state index in [1.807, 2.05) is 25.1 Å². The normalized spacial score (nSPS) is 12.0. The number of aryl methyl sites for hydroxylation is 1. The molecule has 1 heterocycles. The molecule has 1 unspecified atom stereocenters. The van der Waals surface area contributed by atoms with Crippen molar-refractivity contribution in [2.45, 2.75) is 33.2 Å². The first kappa shape index (κ1) is 15.4. The molecule has 6 heteroatoms. The predicted molar refractivity (Wildman–Crippen MR) is 89.3 cm³/mol. The first-order chi connectivity index (χ1) is 10.0. The Hall–Kier alpha value is -2.01. The maximum absolute atomic E-state index is 6.14. The third kappa shape index (κ3) is 3.76. The zero-order valence-electron chi connectivity index (χ0n) is 12.4. The van der Waals surface area contributed by atoms with Gasteiger partial charge in [0.15, 0.2) is 11.6 Å². The molecule has 1 aromatic heterocycles. The van der Waals surface area contributed by atoms with Gasteiger partial charge in [0.25, 0.3) is 0 Å². The molecular weight excluding hydrogens is 286 g/mol. The number of nitrogens with zero attached hydrogens (tertiary/aromatic N) is 2. The van der Waals surface area contributed by atoms with Gasteiger partial charge in [0.2, 0.25) is 0 Å². The Balaban J connectivity index is 2.26. The Morgan fingerprint density at radius 1 is 1.29 bits per heavy atom. The molecule has 0 aliphatic carbocycles. The van der Waals surface area contributed by atoms with Crippen LogP contribution in [-0.4, -0.2) is 16.0 Å². The number of hydrogen-bond donors (Lipinski definition) is 3. The van der Waals surface area contributed by atoms with Crippen LogP contribution in [0, 0.1) is 6.92 Å². The van der Waals surface area contributed by atoms with Gasteiger partial charge in [0, 0.05) is 16.8 Å². The molecule has 0 radical (unpaired) electrons. The molecule has 0 bridgehead atoms. The van der Waals surface area contributed by atoms with E-state index in [1.54, 1.807) is 0 Å². The number of aromatic nitrogens is 2. The zero-order chi connectivity index (χ0) is 15.4. The average molecular weight is 306 g/mol. The third-order valence-corrected chi connectivity index (χ3v) is 3.56. The quantitative estimate of drug-likeness (QED) is 0.779. The van der Waals surface area contributed by atoms with Gasteiger partial charge in [-0.1, -0.05) is 18.5 Å². The fraction of sp³-hybridized carbons (Fsp3) is 0.333. The molecule has 4 N–H and O–H groups in total. The summed E-state index contributed by atoms with van der Waals surface area (Å²) in [5.74, 6) is 1.23. The number of anilines is 4. The summed E-state index contributed by atoms with van der Waals surface area (Å²) >= 11 is 5.96. The Bertz CT molecular complexity index is 629. The van der Waals surface area contributed by atoms with E-state index in [1.165, 1.54) is 6.33 Å². The summed E-state index contributed by atoms with van der Waals surface area (Å²) < 4.78 is 0. The SMILES string of the molecule is CCC(C)Nc1ncnc(Nc2ccc(Cl)cc2C)c1N. The van der Waals surface area contributed by atoms with Crippen molar-refractivity contribution in [3.63, 3.8) is 0 Å². The van der Waals surface area contributed by atoms with Crippen LogP contribution in [0.15, 0.2) is 24.5 Å². The van der Waals surface area contributed by atoms with Gasteiger partial charge in [-0.15, -0.1) is 0 Å². The fourth-order valence-corrected chi connectivity index (χ4v) is 2.07. The van der Waals surface area contributed by atoms with Crippen molar-refractivity contribution in [3.8, 4) is 0 Å². The van der Waals surface area contributed by atoms with Crippen LogP contribution in [0.3, 0.4) is 0 Å². The van der Waals surface area contributed by atoms with Gasteiger partial charge in [0.1, 0.15) is 12.0 Å². The molecule has 5 nitrogen and oxygen atoms in total. The van der Waals surface area contributed by atoms with Gasteiger partial charge >= 0.3 is 0 Å². The average Bonchev–Trinajstić information content (AvgIpc) is 2.45. The molecule has 21 heavy (non-hydrogen) atoms. The number of nitrogen functional groups attached to an aromatic ring is 1. The van der Waals surface area contributed by atoms with Gasteiger partial charge < -0.3 is 16.4 Å². The Morgan fingerprint density at radius 2 is 2.00 bits per heavy atom. The van der Waals surface area contributed by atoms with Gasteiger partial charge in [-0.3, -0.25) is 0 Å². The van der Waals surface area contributed by atoms with E-state index in [2.05, 4.69) is 34.4 Å². The second kappa shape index (κ2) is 6.63. The topological polar surface area (TPSA) is 75.9 Å². The minimum absolute atomic E-state index is 0.298. The number of halogens is 1. The summed E-state index contributed by atoms with van der Waals surface area (Å²) in [6.07, 6.45) is 2.48. The molecule has 0 aliphatic rings. The summed E-state index contributed by atoms with van der Waals surface area (Å²) in [6.45, 7) is 6.16. The van der Waals surface area contributed by atoms with E-state index in [-0.39, 0.29) is 0 Å². The second-order valence-corrected chi connectivity index (χ2v) is 5.46. The third-order valence-electron chi connectivity index (χ3n) is 3.32. The van der Waals surface area contributed by atoms with Crippen molar-refractivity contribution in [2.24, 2.45) is 0 Å². The van der Waals surface area contributed by atoms with Crippen LogP contribution in [0.5, 0.6) is 0 Å². The number of nitrogens with one attached hydrogen (secondary N) is 2. The lowest BCUT2D eigenvalue weighted by atomic mass is 10.2. The van der Waals surface area contributed by atoms with Crippen molar-refractivity contribution < 1.29 is 0 Å². The standard InChI is InChI=1S/C15H20ClN5/c1-4-10(3)20-14-13(17)15(19-8-18-14)21-12-6-5-11(16)7-9(12)2/h5-8,10H,4,17H2,1-3H3,(H2,18,19,20,21). The monoisotopic (exact) mass is 305 g/mol.